The molecule has 0 aliphatic carbocycles. The summed E-state index contributed by atoms with van der Waals surface area (Å²) in [5.74, 6) is -3.80. The minimum absolute atomic E-state index is 0.359. The average molecular weight is 335 g/mol. The van der Waals surface area contributed by atoms with Crippen molar-refractivity contribution in [1.82, 2.24) is 4.72 Å². The Morgan fingerprint density at radius 1 is 1.23 bits per heavy atom. The van der Waals surface area contributed by atoms with Crippen molar-refractivity contribution < 1.29 is 27.1 Å². The second-order valence-electron chi connectivity index (χ2n) is 6.22. The van der Waals surface area contributed by atoms with Crippen LogP contribution < -0.4 is 4.72 Å². The molecular weight excluding hydrogens is 316 g/mol. The first kappa shape index (κ1) is 18.5. The number of benzene rings is 1. The first-order valence-electron chi connectivity index (χ1n) is 6.50. The molecule has 0 amide bonds. The molecule has 1 aromatic carbocycles. The Kier molecular flexibility index (Phi) is 4.98. The zero-order chi connectivity index (χ0) is 17.3. The normalized spacial score (nSPS) is 15.4. The standard InChI is InChI=1S/C14H19F2NO4S/c1-13(2,3)22(20,21)17-14(4,8-11(18)19)9-6-5-7-10(15)12(9)16/h5-7,17H,8H2,1-4H3,(H,18,19)/t14-/m0/s1. The maximum atomic E-state index is 14.0. The van der Waals surface area contributed by atoms with Crippen molar-refractivity contribution in [1.29, 1.82) is 0 Å². The van der Waals surface area contributed by atoms with Gasteiger partial charge in [-0.3, -0.25) is 4.79 Å². The summed E-state index contributed by atoms with van der Waals surface area (Å²) in [6.45, 7) is 5.46. The van der Waals surface area contributed by atoms with E-state index in [1.165, 1.54) is 33.8 Å². The summed E-state index contributed by atoms with van der Waals surface area (Å²) in [5, 5.41) is 9.02. The Labute approximate surface area is 128 Å². The molecule has 124 valence electrons. The highest BCUT2D eigenvalue weighted by Crippen LogP contribution is 2.31. The van der Waals surface area contributed by atoms with E-state index in [1.54, 1.807) is 0 Å². The van der Waals surface area contributed by atoms with Crippen molar-refractivity contribution >= 4 is 16.0 Å². The van der Waals surface area contributed by atoms with Gasteiger partial charge in [0, 0.05) is 5.56 Å². The number of nitrogens with one attached hydrogen (secondary N) is 1. The van der Waals surface area contributed by atoms with Gasteiger partial charge in [-0.2, -0.15) is 0 Å². The number of hydrogen-bond donors (Lipinski definition) is 2. The van der Waals surface area contributed by atoms with Crippen LogP contribution in [0, 0.1) is 11.6 Å². The maximum Gasteiger partial charge on any atom is 0.305 e. The zero-order valence-corrected chi connectivity index (χ0v) is 13.6. The molecule has 0 saturated heterocycles. The summed E-state index contributed by atoms with van der Waals surface area (Å²) in [6, 6.07) is 3.23. The molecule has 0 heterocycles. The lowest BCUT2D eigenvalue weighted by atomic mass is 9.89. The van der Waals surface area contributed by atoms with Gasteiger partial charge in [0.05, 0.1) is 16.7 Å². The van der Waals surface area contributed by atoms with E-state index >= 15 is 0 Å². The van der Waals surface area contributed by atoms with Gasteiger partial charge in [-0.25, -0.2) is 21.9 Å². The Balaban J connectivity index is 3.45. The highest BCUT2D eigenvalue weighted by Gasteiger charge is 2.41. The second kappa shape index (κ2) is 5.92. The number of halogens is 2. The van der Waals surface area contributed by atoms with E-state index in [9.17, 15) is 22.0 Å². The molecule has 0 spiro atoms. The lowest BCUT2D eigenvalue weighted by molar-refractivity contribution is -0.138. The van der Waals surface area contributed by atoms with Crippen LogP contribution in [0.4, 0.5) is 8.78 Å². The van der Waals surface area contributed by atoms with Crippen LogP contribution in [0.5, 0.6) is 0 Å². The predicted molar refractivity (Wildman–Crippen MR) is 77.8 cm³/mol. The first-order chi connectivity index (χ1) is 9.80. The molecule has 0 fully saturated rings. The van der Waals surface area contributed by atoms with Gasteiger partial charge in [0.1, 0.15) is 0 Å². The van der Waals surface area contributed by atoms with Crippen LogP contribution in [-0.4, -0.2) is 24.2 Å². The van der Waals surface area contributed by atoms with Gasteiger partial charge in [0.15, 0.2) is 11.6 Å². The van der Waals surface area contributed by atoms with Crippen LogP contribution in [0.15, 0.2) is 18.2 Å². The van der Waals surface area contributed by atoms with Crippen LogP contribution in [0.1, 0.15) is 39.7 Å². The number of hydrogen-bond acceptors (Lipinski definition) is 3. The average Bonchev–Trinajstić information content (AvgIpc) is 2.29. The summed E-state index contributed by atoms with van der Waals surface area (Å²) in [5.41, 5.74) is -2.17. The van der Waals surface area contributed by atoms with Crippen LogP contribution in [0.2, 0.25) is 0 Å². The van der Waals surface area contributed by atoms with E-state index in [1.807, 2.05) is 0 Å². The molecular formula is C14H19F2NO4S. The van der Waals surface area contributed by atoms with E-state index in [0.29, 0.717) is 0 Å². The Hall–Kier alpha value is -1.54. The van der Waals surface area contributed by atoms with Crippen LogP contribution in [0.25, 0.3) is 0 Å². The third kappa shape index (κ3) is 3.80. The molecule has 8 heteroatoms. The fourth-order valence-electron chi connectivity index (χ4n) is 1.87. The Morgan fingerprint density at radius 2 is 1.77 bits per heavy atom. The molecule has 0 aliphatic rings. The molecule has 5 nitrogen and oxygen atoms in total. The van der Waals surface area contributed by atoms with Gasteiger partial charge >= 0.3 is 5.97 Å². The maximum absolute atomic E-state index is 14.0. The molecule has 0 bridgehead atoms. The SMILES string of the molecule is CC(C)(C)S(=O)(=O)N[C@@](C)(CC(=O)O)c1cccc(F)c1F. The van der Waals surface area contributed by atoms with E-state index < -0.39 is 44.3 Å². The zero-order valence-electron chi connectivity index (χ0n) is 12.8. The van der Waals surface area contributed by atoms with Crippen molar-refractivity contribution in [2.75, 3.05) is 0 Å². The summed E-state index contributed by atoms with van der Waals surface area (Å²) >= 11 is 0. The van der Waals surface area contributed by atoms with Crippen molar-refractivity contribution in [3.63, 3.8) is 0 Å². The molecule has 22 heavy (non-hydrogen) atoms. The summed E-state index contributed by atoms with van der Waals surface area (Å²) in [7, 11) is -3.98. The molecule has 1 rings (SSSR count). The molecule has 1 aromatic rings. The first-order valence-corrected chi connectivity index (χ1v) is 7.98. The van der Waals surface area contributed by atoms with Gasteiger partial charge in [-0.15, -0.1) is 0 Å². The Morgan fingerprint density at radius 3 is 2.23 bits per heavy atom. The lowest BCUT2D eigenvalue weighted by Gasteiger charge is -2.33. The number of carboxylic acid groups (broad SMARTS) is 1. The van der Waals surface area contributed by atoms with Crippen molar-refractivity contribution in [2.24, 2.45) is 0 Å². The number of sulfonamides is 1. The molecule has 0 saturated carbocycles. The van der Waals surface area contributed by atoms with Crippen LogP contribution >= 0.6 is 0 Å². The topological polar surface area (TPSA) is 83.5 Å². The van der Waals surface area contributed by atoms with Crippen molar-refractivity contribution in [3.8, 4) is 0 Å². The van der Waals surface area contributed by atoms with Crippen molar-refractivity contribution in [2.45, 2.75) is 44.4 Å². The van der Waals surface area contributed by atoms with Gasteiger partial charge in [0.25, 0.3) is 0 Å². The molecule has 0 unspecified atom stereocenters. The van der Waals surface area contributed by atoms with Gasteiger partial charge in [-0.05, 0) is 33.8 Å². The van der Waals surface area contributed by atoms with E-state index in [4.69, 9.17) is 5.11 Å². The van der Waals surface area contributed by atoms with Crippen molar-refractivity contribution in [3.05, 3.63) is 35.4 Å². The monoisotopic (exact) mass is 335 g/mol. The minimum atomic E-state index is -3.98. The fourth-order valence-corrected chi connectivity index (χ4v) is 2.95. The molecule has 0 aliphatic heterocycles. The molecule has 0 radical (unpaired) electrons. The third-order valence-electron chi connectivity index (χ3n) is 3.22. The van der Waals surface area contributed by atoms with Crippen LogP contribution in [-0.2, 0) is 20.4 Å². The summed E-state index contributed by atoms with van der Waals surface area (Å²) in [4.78, 5) is 11.1. The van der Waals surface area contributed by atoms with Gasteiger partial charge in [0.2, 0.25) is 10.0 Å². The number of carboxylic acids is 1. The smallest absolute Gasteiger partial charge is 0.305 e. The van der Waals surface area contributed by atoms with Gasteiger partial charge in [-0.1, -0.05) is 12.1 Å². The fraction of sp³-hybridized carbons (Fsp3) is 0.500. The number of rotatable bonds is 5. The van der Waals surface area contributed by atoms with Crippen LogP contribution in [0.3, 0.4) is 0 Å². The molecule has 1 atom stereocenters. The quantitative estimate of drug-likeness (QED) is 0.865. The van der Waals surface area contributed by atoms with E-state index in [0.717, 1.165) is 12.1 Å². The predicted octanol–water partition coefficient (Wildman–Crippen LogP) is 2.37. The Bertz CT molecular complexity index is 683. The number of carbonyl (C=O) groups is 1. The lowest BCUT2D eigenvalue weighted by Crippen LogP contribution is -2.51. The largest absolute Gasteiger partial charge is 0.481 e. The second-order valence-corrected chi connectivity index (χ2v) is 8.66. The minimum Gasteiger partial charge on any atom is -0.481 e. The third-order valence-corrected chi connectivity index (χ3v) is 5.55. The summed E-state index contributed by atoms with van der Waals surface area (Å²) < 4.78 is 53.0. The highest BCUT2D eigenvalue weighted by atomic mass is 32.2. The van der Waals surface area contributed by atoms with E-state index in [2.05, 4.69) is 4.72 Å². The van der Waals surface area contributed by atoms with E-state index in [-0.39, 0.29) is 5.56 Å². The van der Waals surface area contributed by atoms with Gasteiger partial charge < -0.3 is 5.11 Å². The molecule has 0 aromatic heterocycles. The summed E-state index contributed by atoms with van der Waals surface area (Å²) in [6.07, 6.45) is -0.733. The highest BCUT2D eigenvalue weighted by molar-refractivity contribution is 7.90. The number of aliphatic carboxylic acids is 1. The molecule has 2 N–H and O–H groups in total.